The van der Waals surface area contributed by atoms with Crippen molar-refractivity contribution in [2.24, 2.45) is 0 Å². The van der Waals surface area contributed by atoms with Crippen molar-refractivity contribution in [1.29, 1.82) is 0 Å². The molecule has 1 unspecified atom stereocenters. The van der Waals surface area contributed by atoms with Gasteiger partial charge in [-0.3, -0.25) is 9.36 Å². The molecule has 0 N–H and O–H groups in total. The van der Waals surface area contributed by atoms with Crippen LogP contribution >= 0.6 is 11.8 Å². The van der Waals surface area contributed by atoms with Crippen LogP contribution in [-0.2, 0) is 11.2 Å². The summed E-state index contributed by atoms with van der Waals surface area (Å²) in [7, 11) is 0. The lowest BCUT2D eigenvalue weighted by Crippen LogP contribution is -2.39. The van der Waals surface area contributed by atoms with Crippen LogP contribution in [0.25, 0.3) is 5.69 Å². The van der Waals surface area contributed by atoms with Crippen LogP contribution in [0.2, 0.25) is 0 Å². The zero-order valence-corrected chi connectivity index (χ0v) is 17.5. The third kappa shape index (κ3) is 3.92. The minimum Gasteiger partial charge on any atom is -0.335 e. The number of carbonyl (C=O) groups excluding carboxylic acids is 1. The highest BCUT2D eigenvalue weighted by atomic mass is 32.2. The quantitative estimate of drug-likeness (QED) is 0.603. The number of aryl methyl sites for hydroxylation is 2. The molecule has 3 aromatic rings. The molecule has 0 aliphatic carbocycles. The van der Waals surface area contributed by atoms with Crippen molar-refractivity contribution in [3.8, 4) is 5.69 Å². The number of hydrogen-bond acceptors (Lipinski definition) is 4. The minimum atomic E-state index is -0.263. The number of benzene rings is 2. The lowest BCUT2D eigenvalue weighted by molar-refractivity contribution is -0.130. The second-order valence-electron chi connectivity index (χ2n) is 7.40. The van der Waals surface area contributed by atoms with Crippen molar-refractivity contribution in [1.82, 2.24) is 19.7 Å². The van der Waals surface area contributed by atoms with Crippen molar-refractivity contribution in [2.75, 3.05) is 12.3 Å². The van der Waals surface area contributed by atoms with E-state index in [1.807, 2.05) is 28.5 Å². The summed E-state index contributed by atoms with van der Waals surface area (Å²) in [4.78, 5) is 14.7. The van der Waals surface area contributed by atoms with Crippen molar-refractivity contribution in [3.05, 3.63) is 70.8 Å². The van der Waals surface area contributed by atoms with E-state index in [-0.39, 0.29) is 23.5 Å². The second-order valence-corrected chi connectivity index (χ2v) is 8.34. The molecule has 5 nitrogen and oxygen atoms in total. The largest absolute Gasteiger partial charge is 0.335 e. The Labute approximate surface area is 173 Å². The lowest BCUT2D eigenvalue weighted by atomic mass is 9.93. The van der Waals surface area contributed by atoms with Gasteiger partial charge in [0.2, 0.25) is 5.91 Å². The first-order valence-electron chi connectivity index (χ1n) is 9.62. The third-order valence-electron chi connectivity index (χ3n) is 5.58. The van der Waals surface area contributed by atoms with E-state index in [1.54, 1.807) is 12.4 Å². The molecule has 7 heteroatoms. The number of halogens is 1. The number of nitrogens with zero attached hydrogens (tertiary/aromatic N) is 4. The van der Waals surface area contributed by atoms with Gasteiger partial charge in [-0.05, 0) is 73.7 Å². The van der Waals surface area contributed by atoms with Crippen LogP contribution in [0.15, 0.2) is 47.9 Å². The number of aromatic nitrogens is 3. The highest BCUT2D eigenvalue weighted by Crippen LogP contribution is 2.31. The smallest absolute Gasteiger partial charge is 0.233 e. The minimum absolute atomic E-state index is 0.0204. The van der Waals surface area contributed by atoms with E-state index in [1.165, 1.54) is 29.0 Å². The Morgan fingerprint density at radius 3 is 2.83 bits per heavy atom. The first-order valence-corrected chi connectivity index (χ1v) is 10.6. The molecule has 1 aliphatic heterocycles. The van der Waals surface area contributed by atoms with Crippen molar-refractivity contribution in [3.63, 3.8) is 0 Å². The SMILES string of the molecule is Cc1ccc(-n2cnnc2SCC(=O)N2CCc3ccc(F)cc3C2C)cc1C. The number of carbonyl (C=O) groups is 1. The molecule has 0 spiro atoms. The fraction of sp³-hybridized carbons (Fsp3) is 0.318. The average Bonchev–Trinajstić information content (AvgIpc) is 3.17. The van der Waals surface area contributed by atoms with Gasteiger partial charge in [0.15, 0.2) is 5.16 Å². The first-order chi connectivity index (χ1) is 13.9. The number of thioether (sulfide) groups is 1. The van der Waals surface area contributed by atoms with Gasteiger partial charge in [0.25, 0.3) is 0 Å². The van der Waals surface area contributed by atoms with Gasteiger partial charge in [0.05, 0.1) is 11.8 Å². The zero-order valence-electron chi connectivity index (χ0n) is 16.7. The van der Waals surface area contributed by atoms with Gasteiger partial charge in [0, 0.05) is 12.2 Å². The number of amides is 1. The van der Waals surface area contributed by atoms with Crippen LogP contribution < -0.4 is 0 Å². The van der Waals surface area contributed by atoms with Crippen LogP contribution in [0.5, 0.6) is 0 Å². The molecule has 1 aliphatic rings. The maximum atomic E-state index is 13.7. The van der Waals surface area contributed by atoms with Crippen molar-refractivity contribution < 1.29 is 9.18 Å². The molecular formula is C22H23FN4OS. The lowest BCUT2D eigenvalue weighted by Gasteiger charge is -2.35. The molecule has 150 valence electrons. The molecule has 0 saturated carbocycles. The summed E-state index contributed by atoms with van der Waals surface area (Å²) in [5, 5.41) is 8.88. The summed E-state index contributed by atoms with van der Waals surface area (Å²) >= 11 is 1.37. The van der Waals surface area contributed by atoms with Gasteiger partial charge in [-0.1, -0.05) is 23.9 Å². The van der Waals surface area contributed by atoms with E-state index in [0.717, 1.165) is 23.2 Å². The molecule has 0 bridgehead atoms. The van der Waals surface area contributed by atoms with E-state index in [2.05, 4.69) is 36.2 Å². The van der Waals surface area contributed by atoms with Crippen molar-refractivity contribution in [2.45, 2.75) is 38.4 Å². The summed E-state index contributed by atoms with van der Waals surface area (Å²) in [6.07, 6.45) is 2.41. The molecular weight excluding hydrogens is 387 g/mol. The van der Waals surface area contributed by atoms with Crippen LogP contribution in [0.4, 0.5) is 4.39 Å². The number of hydrogen-bond donors (Lipinski definition) is 0. The predicted molar refractivity (Wildman–Crippen MR) is 112 cm³/mol. The highest BCUT2D eigenvalue weighted by Gasteiger charge is 2.28. The molecule has 1 aromatic heterocycles. The molecule has 1 amide bonds. The molecule has 2 heterocycles. The van der Waals surface area contributed by atoms with Crippen molar-refractivity contribution >= 4 is 17.7 Å². The van der Waals surface area contributed by atoms with Crippen LogP contribution in [0, 0.1) is 19.7 Å². The first kappa shape index (κ1) is 19.6. The maximum Gasteiger partial charge on any atom is 0.233 e. The van der Waals surface area contributed by atoms with E-state index >= 15 is 0 Å². The maximum absolute atomic E-state index is 13.7. The molecule has 29 heavy (non-hydrogen) atoms. The normalized spacial score (nSPS) is 16.0. The Morgan fingerprint density at radius 1 is 1.21 bits per heavy atom. The third-order valence-corrected chi connectivity index (χ3v) is 6.51. The Kier molecular flexibility index (Phi) is 5.41. The molecule has 0 radical (unpaired) electrons. The Morgan fingerprint density at radius 2 is 2.03 bits per heavy atom. The average molecular weight is 411 g/mol. The van der Waals surface area contributed by atoms with Gasteiger partial charge in [-0.25, -0.2) is 4.39 Å². The number of rotatable bonds is 4. The topological polar surface area (TPSA) is 51.0 Å². The molecule has 1 atom stereocenters. The van der Waals surface area contributed by atoms with Crippen LogP contribution in [-0.4, -0.2) is 37.9 Å². The summed E-state index contributed by atoms with van der Waals surface area (Å²) in [6.45, 7) is 6.74. The Bertz CT molecular complexity index is 1060. The summed E-state index contributed by atoms with van der Waals surface area (Å²) < 4.78 is 15.6. The van der Waals surface area contributed by atoms with E-state index in [4.69, 9.17) is 0 Å². The Hall–Kier alpha value is -2.67. The van der Waals surface area contributed by atoms with E-state index in [0.29, 0.717) is 11.7 Å². The fourth-order valence-corrected chi connectivity index (χ4v) is 4.52. The molecule has 4 rings (SSSR count). The van der Waals surface area contributed by atoms with Gasteiger partial charge in [-0.2, -0.15) is 0 Å². The predicted octanol–water partition coefficient (Wildman–Crippen LogP) is 4.26. The molecule has 0 saturated heterocycles. The fourth-order valence-electron chi connectivity index (χ4n) is 3.71. The van der Waals surface area contributed by atoms with E-state index in [9.17, 15) is 9.18 Å². The summed E-state index contributed by atoms with van der Waals surface area (Å²) in [5.41, 5.74) is 5.40. The summed E-state index contributed by atoms with van der Waals surface area (Å²) in [5.74, 6) is 0.0197. The van der Waals surface area contributed by atoms with Gasteiger partial charge >= 0.3 is 0 Å². The van der Waals surface area contributed by atoms with Crippen LogP contribution in [0.3, 0.4) is 0 Å². The van der Waals surface area contributed by atoms with E-state index < -0.39 is 0 Å². The second kappa shape index (κ2) is 7.99. The number of fused-ring (bicyclic) bond motifs is 1. The van der Waals surface area contributed by atoms with Crippen LogP contribution in [0.1, 0.15) is 35.2 Å². The zero-order chi connectivity index (χ0) is 20.5. The van der Waals surface area contributed by atoms with Gasteiger partial charge < -0.3 is 4.90 Å². The molecule has 2 aromatic carbocycles. The highest BCUT2D eigenvalue weighted by molar-refractivity contribution is 7.99. The van der Waals surface area contributed by atoms with Gasteiger partial charge in [0.1, 0.15) is 12.1 Å². The summed E-state index contributed by atoms with van der Waals surface area (Å²) in [6, 6.07) is 10.9. The monoisotopic (exact) mass is 410 g/mol. The van der Waals surface area contributed by atoms with Gasteiger partial charge in [-0.15, -0.1) is 10.2 Å². The molecule has 0 fully saturated rings. The Balaban J connectivity index is 1.47. The standard InChI is InChI=1S/C22H23FN4OS/c1-14-4-7-19(10-15(14)2)27-13-24-25-22(27)29-12-21(28)26-9-8-17-5-6-18(23)11-20(17)16(26)3/h4-7,10-11,13,16H,8-9,12H2,1-3H3.